The van der Waals surface area contributed by atoms with Crippen LogP contribution in [0.3, 0.4) is 0 Å². The van der Waals surface area contributed by atoms with E-state index >= 15 is 0 Å². The summed E-state index contributed by atoms with van der Waals surface area (Å²) in [4.78, 5) is 15.7. The van der Waals surface area contributed by atoms with E-state index in [1.807, 2.05) is 49.5 Å². The topological polar surface area (TPSA) is 44.9 Å². The fraction of sp³-hybridized carbons (Fsp3) is 0.167. The van der Waals surface area contributed by atoms with Crippen LogP contribution in [0.2, 0.25) is 0 Å². The summed E-state index contributed by atoms with van der Waals surface area (Å²) in [6.07, 6.45) is 1.85. The molecule has 3 heteroatoms. The maximum atomic E-state index is 12.5. The molecule has 1 amide bonds. The third kappa shape index (κ3) is 2.55. The number of aromatic amines is 1. The first kappa shape index (κ1) is 13.4. The number of para-hydroxylation sites is 1. The number of carbonyl (C=O) groups is 1. The molecule has 1 atom stereocenters. The van der Waals surface area contributed by atoms with Crippen molar-refractivity contribution in [2.75, 3.05) is 0 Å². The molecule has 0 bridgehead atoms. The van der Waals surface area contributed by atoms with Crippen LogP contribution >= 0.6 is 0 Å². The predicted octanol–water partition coefficient (Wildman–Crippen LogP) is 3.97. The number of hydrogen-bond donors (Lipinski definition) is 2. The summed E-state index contributed by atoms with van der Waals surface area (Å²) < 4.78 is 0. The first-order chi connectivity index (χ1) is 10.2. The van der Waals surface area contributed by atoms with Gasteiger partial charge in [-0.2, -0.15) is 0 Å². The molecule has 0 aliphatic rings. The molecule has 0 saturated heterocycles. The van der Waals surface area contributed by atoms with E-state index < -0.39 is 0 Å². The summed E-state index contributed by atoms with van der Waals surface area (Å²) in [6.45, 7) is 4.07. The number of nitrogens with one attached hydrogen (secondary N) is 2. The Morgan fingerprint density at radius 2 is 1.90 bits per heavy atom. The van der Waals surface area contributed by atoms with Gasteiger partial charge in [-0.15, -0.1) is 0 Å². The number of aromatic nitrogens is 1. The molecule has 21 heavy (non-hydrogen) atoms. The maximum absolute atomic E-state index is 12.5. The molecule has 1 aromatic heterocycles. The lowest BCUT2D eigenvalue weighted by Gasteiger charge is -2.16. The summed E-state index contributed by atoms with van der Waals surface area (Å²) in [6, 6.07) is 15.8. The molecule has 2 aromatic carbocycles. The monoisotopic (exact) mass is 278 g/mol. The van der Waals surface area contributed by atoms with E-state index in [1.54, 1.807) is 0 Å². The second-order valence-electron chi connectivity index (χ2n) is 5.30. The molecule has 3 rings (SSSR count). The van der Waals surface area contributed by atoms with Crippen LogP contribution in [-0.4, -0.2) is 10.9 Å². The van der Waals surface area contributed by atoms with Crippen LogP contribution in [0.5, 0.6) is 0 Å². The highest BCUT2D eigenvalue weighted by Crippen LogP contribution is 2.20. The van der Waals surface area contributed by atoms with Crippen LogP contribution in [0.1, 0.15) is 34.5 Å². The van der Waals surface area contributed by atoms with Gasteiger partial charge in [0.05, 0.1) is 17.1 Å². The van der Waals surface area contributed by atoms with Gasteiger partial charge < -0.3 is 10.3 Å². The number of rotatable bonds is 3. The van der Waals surface area contributed by atoms with Gasteiger partial charge in [0.1, 0.15) is 0 Å². The summed E-state index contributed by atoms with van der Waals surface area (Å²) in [5.41, 5.74) is 3.89. The molecule has 106 valence electrons. The quantitative estimate of drug-likeness (QED) is 0.748. The van der Waals surface area contributed by atoms with Crippen molar-refractivity contribution in [3.63, 3.8) is 0 Å². The Bertz CT molecular complexity index is 789. The molecule has 0 fully saturated rings. The van der Waals surface area contributed by atoms with Crippen LogP contribution in [0, 0.1) is 6.92 Å². The molecule has 2 N–H and O–H groups in total. The highest BCUT2D eigenvalue weighted by molar-refractivity contribution is 6.05. The maximum Gasteiger partial charge on any atom is 0.253 e. The van der Waals surface area contributed by atoms with Crippen LogP contribution < -0.4 is 5.32 Å². The molecular formula is C18H18N2O. The molecule has 3 aromatic rings. The van der Waals surface area contributed by atoms with Gasteiger partial charge in [-0.25, -0.2) is 0 Å². The van der Waals surface area contributed by atoms with Crippen LogP contribution in [0.25, 0.3) is 10.9 Å². The normalized spacial score (nSPS) is 12.3. The number of fused-ring (bicyclic) bond motifs is 1. The van der Waals surface area contributed by atoms with E-state index in [0.717, 1.165) is 16.5 Å². The Labute approximate surface area is 124 Å². The number of benzene rings is 2. The summed E-state index contributed by atoms with van der Waals surface area (Å²) >= 11 is 0. The van der Waals surface area contributed by atoms with Crippen molar-refractivity contribution in [2.24, 2.45) is 0 Å². The van der Waals surface area contributed by atoms with Gasteiger partial charge >= 0.3 is 0 Å². The minimum atomic E-state index is -0.0567. The Hall–Kier alpha value is -2.55. The molecule has 0 spiro atoms. The Morgan fingerprint density at radius 1 is 1.10 bits per heavy atom. The first-order valence-corrected chi connectivity index (χ1v) is 7.09. The van der Waals surface area contributed by atoms with Crippen LogP contribution in [0.15, 0.2) is 54.7 Å². The molecule has 1 heterocycles. The second-order valence-corrected chi connectivity index (χ2v) is 5.30. The van der Waals surface area contributed by atoms with Crippen molar-refractivity contribution < 1.29 is 4.79 Å². The van der Waals surface area contributed by atoms with Gasteiger partial charge in [0.25, 0.3) is 5.91 Å². The largest absolute Gasteiger partial charge is 0.361 e. The molecule has 3 nitrogen and oxygen atoms in total. The zero-order valence-corrected chi connectivity index (χ0v) is 12.2. The Kier molecular flexibility index (Phi) is 3.48. The van der Waals surface area contributed by atoms with E-state index in [2.05, 4.69) is 29.4 Å². The van der Waals surface area contributed by atoms with Crippen molar-refractivity contribution in [1.82, 2.24) is 10.3 Å². The minimum absolute atomic E-state index is 0.0241. The first-order valence-electron chi connectivity index (χ1n) is 7.09. The third-order valence-corrected chi connectivity index (χ3v) is 3.83. The van der Waals surface area contributed by atoms with E-state index in [9.17, 15) is 4.79 Å². The number of H-pyrrole nitrogens is 1. The van der Waals surface area contributed by atoms with Crippen molar-refractivity contribution in [3.8, 4) is 0 Å². The summed E-state index contributed by atoms with van der Waals surface area (Å²) in [5, 5.41) is 4.12. The zero-order valence-electron chi connectivity index (χ0n) is 12.2. The Balaban J connectivity index is 1.87. The fourth-order valence-corrected chi connectivity index (χ4v) is 2.70. The molecule has 0 saturated carbocycles. The van der Waals surface area contributed by atoms with E-state index in [-0.39, 0.29) is 11.9 Å². The summed E-state index contributed by atoms with van der Waals surface area (Å²) in [5.74, 6) is -0.0567. The average Bonchev–Trinajstić information content (AvgIpc) is 2.95. The van der Waals surface area contributed by atoms with Gasteiger partial charge in [0.15, 0.2) is 0 Å². The van der Waals surface area contributed by atoms with Crippen molar-refractivity contribution in [1.29, 1.82) is 0 Å². The van der Waals surface area contributed by atoms with E-state index in [4.69, 9.17) is 0 Å². The highest BCUT2D eigenvalue weighted by atomic mass is 16.1. The number of carbonyl (C=O) groups excluding carboxylic acids is 1. The average molecular weight is 278 g/mol. The molecule has 1 unspecified atom stereocenters. The van der Waals surface area contributed by atoms with Gasteiger partial charge in [0.2, 0.25) is 0 Å². The lowest BCUT2D eigenvalue weighted by molar-refractivity contribution is 0.0941. The number of aryl methyl sites for hydroxylation is 1. The van der Waals surface area contributed by atoms with Gasteiger partial charge in [-0.05, 0) is 37.1 Å². The van der Waals surface area contributed by atoms with E-state index in [0.29, 0.717) is 5.56 Å². The SMILES string of the molecule is Cc1ccccc1C(C)NC(=O)c1cccc2cc[nH]c12. The molecular weight excluding hydrogens is 260 g/mol. The van der Waals surface area contributed by atoms with Gasteiger partial charge in [0, 0.05) is 11.6 Å². The highest BCUT2D eigenvalue weighted by Gasteiger charge is 2.15. The number of hydrogen-bond acceptors (Lipinski definition) is 1. The molecule has 0 radical (unpaired) electrons. The van der Waals surface area contributed by atoms with Crippen LogP contribution in [0.4, 0.5) is 0 Å². The zero-order chi connectivity index (χ0) is 14.8. The fourth-order valence-electron chi connectivity index (χ4n) is 2.70. The van der Waals surface area contributed by atoms with Crippen molar-refractivity contribution in [2.45, 2.75) is 19.9 Å². The predicted molar refractivity (Wildman–Crippen MR) is 85.4 cm³/mol. The van der Waals surface area contributed by atoms with E-state index in [1.165, 1.54) is 5.56 Å². The second kappa shape index (κ2) is 5.44. The lowest BCUT2D eigenvalue weighted by Crippen LogP contribution is -2.27. The van der Waals surface area contributed by atoms with Gasteiger partial charge in [-0.1, -0.05) is 36.4 Å². The van der Waals surface area contributed by atoms with Crippen LogP contribution in [-0.2, 0) is 0 Å². The third-order valence-electron chi connectivity index (χ3n) is 3.83. The molecule has 0 aliphatic carbocycles. The Morgan fingerprint density at radius 3 is 2.71 bits per heavy atom. The lowest BCUT2D eigenvalue weighted by atomic mass is 10.0. The van der Waals surface area contributed by atoms with Crippen molar-refractivity contribution in [3.05, 3.63) is 71.4 Å². The van der Waals surface area contributed by atoms with Gasteiger partial charge in [-0.3, -0.25) is 4.79 Å². The number of amides is 1. The summed E-state index contributed by atoms with van der Waals surface area (Å²) in [7, 11) is 0. The molecule has 0 aliphatic heterocycles. The standard InChI is InChI=1S/C18H18N2O/c1-12-6-3-4-8-15(12)13(2)20-18(21)16-9-5-7-14-10-11-19-17(14)16/h3-11,13,19H,1-2H3,(H,20,21). The van der Waals surface area contributed by atoms with Crippen molar-refractivity contribution >= 4 is 16.8 Å². The minimum Gasteiger partial charge on any atom is -0.361 e. The smallest absolute Gasteiger partial charge is 0.253 e.